The van der Waals surface area contributed by atoms with Gasteiger partial charge < -0.3 is 15.0 Å². The van der Waals surface area contributed by atoms with Gasteiger partial charge in [-0.1, -0.05) is 24.3 Å². The van der Waals surface area contributed by atoms with Crippen molar-refractivity contribution in [1.29, 1.82) is 0 Å². The van der Waals surface area contributed by atoms with E-state index in [9.17, 15) is 13.2 Å². The minimum absolute atomic E-state index is 0.00915. The van der Waals surface area contributed by atoms with Crippen LogP contribution in [0.4, 0.5) is 11.4 Å². The molecule has 0 aromatic heterocycles. The molecule has 0 bridgehead atoms. The summed E-state index contributed by atoms with van der Waals surface area (Å²) in [6, 6.07) is 14.1. The fourth-order valence-corrected chi connectivity index (χ4v) is 4.94. The van der Waals surface area contributed by atoms with Crippen molar-refractivity contribution in [2.24, 2.45) is 0 Å². The van der Waals surface area contributed by atoms with Gasteiger partial charge in [-0.15, -0.1) is 0 Å². The summed E-state index contributed by atoms with van der Waals surface area (Å²) < 4.78 is 33.0. The SMILES string of the molecule is O=C(CCNS(=O)(=O)c1ccccc1Br)Nc1ccccc1N1CCOCC1. The van der Waals surface area contributed by atoms with E-state index < -0.39 is 10.0 Å². The Labute approximate surface area is 173 Å². The summed E-state index contributed by atoms with van der Waals surface area (Å²) in [6.45, 7) is 2.84. The average Bonchev–Trinajstić information content (AvgIpc) is 2.69. The summed E-state index contributed by atoms with van der Waals surface area (Å²) in [6.07, 6.45) is 0.0289. The van der Waals surface area contributed by atoms with Gasteiger partial charge in [0, 0.05) is 30.5 Å². The number of ether oxygens (including phenoxy) is 1. The highest BCUT2D eigenvalue weighted by atomic mass is 79.9. The molecule has 7 nitrogen and oxygen atoms in total. The Morgan fingerprint density at radius 3 is 2.50 bits per heavy atom. The van der Waals surface area contributed by atoms with Gasteiger partial charge >= 0.3 is 0 Å². The summed E-state index contributed by atoms with van der Waals surface area (Å²) in [5.74, 6) is -0.254. The summed E-state index contributed by atoms with van der Waals surface area (Å²) in [5.41, 5.74) is 1.65. The van der Waals surface area contributed by atoms with Gasteiger partial charge in [-0.05, 0) is 40.2 Å². The van der Waals surface area contributed by atoms with Gasteiger partial charge in [-0.3, -0.25) is 4.79 Å². The van der Waals surface area contributed by atoms with Crippen molar-refractivity contribution in [2.75, 3.05) is 43.1 Å². The number of benzene rings is 2. The molecule has 1 aliphatic rings. The maximum atomic E-state index is 12.4. The van der Waals surface area contributed by atoms with Gasteiger partial charge in [0.1, 0.15) is 0 Å². The van der Waals surface area contributed by atoms with Crippen LogP contribution in [0.3, 0.4) is 0 Å². The Bertz CT molecular complexity index is 930. The molecule has 0 radical (unpaired) electrons. The Kier molecular flexibility index (Phi) is 7.06. The van der Waals surface area contributed by atoms with Gasteiger partial charge in [-0.2, -0.15) is 0 Å². The number of hydrogen-bond donors (Lipinski definition) is 2. The van der Waals surface area contributed by atoms with E-state index in [0.717, 1.165) is 18.8 Å². The summed E-state index contributed by atoms with van der Waals surface area (Å²) in [7, 11) is -3.68. The second-order valence-corrected chi connectivity index (χ2v) is 8.83. The number of nitrogens with one attached hydrogen (secondary N) is 2. The lowest BCUT2D eigenvalue weighted by Crippen LogP contribution is -2.36. The van der Waals surface area contributed by atoms with Crippen molar-refractivity contribution in [3.05, 3.63) is 53.0 Å². The molecule has 28 heavy (non-hydrogen) atoms. The van der Waals surface area contributed by atoms with Crippen molar-refractivity contribution in [2.45, 2.75) is 11.3 Å². The second-order valence-electron chi connectivity index (χ2n) is 6.24. The number of para-hydroxylation sites is 2. The van der Waals surface area contributed by atoms with E-state index >= 15 is 0 Å². The van der Waals surface area contributed by atoms with Gasteiger partial charge in [-0.25, -0.2) is 13.1 Å². The topological polar surface area (TPSA) is 87.7 Å². The Hall–Kier alpha value is -1.94. The van der Waals surface area contributed by atoms with Gasteiger partial charge in [0.25, 0.3) is 0 Å². The minimum Gasteiger partial charge on any atom is -0.378 e. The van der Waals surface area contributed by atoms with Gasteiger partial charge in [0.2, 0.25) is 15.9 Å². The molecule has 1 aliphatic heterocycles. The number of carbonyl (C=O) groups is 1. The number of carbonyl (C=O) groups excluding carboxylic acids is 1. The molecule has 150 valence electrons. The fraction of sp³-hybridized carbons (Fsp3) is 0.316. The lowest BCUT2D eigenvalue weighted by molar-refractivity contribution is -0.116. The van der Waals surface area contributed by atoms with E-state index in [-0.39, 0.29) is 23.8 Å². The summed E-state index contributed by atoms with van der Waals surface area (Å²) >= 11 is 3.23. The Morgan fingerprint density at radius 1 is 1.07 bits per heavy atom. The number of rotatable bonds is 7. The van der Waals surface area contributed by atoms with Crippen LogP contribution in [0.2, 0.25) is 0 Å². The largest absolute Gasteiger partial charge is 0.378 e. The van der Waals surface area contributed by atoms with Crippen molar-refractivity contribution < 1.29 is 17.9 Å². The van der Waals surface area contributed by atoms with Crippen LogP contribution >= 0.6 is 15.9 Å². The van der Waals surface area contributed by atoms with Crippen LogP contribution in [0.15, 0.2) is 57.9 Å². The molecule has 1 saturated heterocycles. The molecule has 0 saturated carbocycles. The number of halogens is 1. The quantitative estimate of drug-likeness (QED) is 0.653. The predicted molar refractivity (Wildman–Crippen MR) is 112 cm³/mol. The smallest absolute Gasteiger partial charge is 0.241 e. The van der Waals surface area contributed by atoms with E-state index in [0.29, 0.717) is 23.4 Å². The van der Waals surface area contributed by atoms with E-state index in [2.05, 4.69) is 30.9 Å². The molecule has 1 heterocycles. The zero-order valence-electron chi connectivity index (χ0n) is 15.2. The third-order valence-electron chi connectivity index (χ3n) is 4.30. The van der Waals surface area contributed by atoms with Crippen LogP contribution in [-0.2, 0) is 19.6 Å². The van der Waals surface area contributed by atoms with Crippen LogP contribution < -0.4 is 14.9 Å². The summed E-state index contributed by atoms with van der Waals surface area (Å²) in [5, 5.41) is 2.88. The maximum absolute atomic E-state index is 12.4. The normalized spacial score (nSPS) is 14.7. The van der Waals surface area contributed by atoms with E-state index in [1.165, 1.54) is 6.07 Å². The van der Waals surface area contributed by atoms with Gasteiger partial charge in [0.05, 0.1) is 29.5 Å². The molecule has 0 aliphatic carbocycles. The third kappa shape index (κ3) is 5.32. The molecule has 1 amide bonds. The van der Waals surface area contributed by atoms with E-state index in [1.807, 2.05) is 24.3 Å². The molecule has 0 spiro atoms. The molecule has 2 N–H and O–H groups in total. The van der Waals surface area contributed by atoms with Crippen LogP contribution in [0.25, 0.3) is 0 Å². The zero-order chi connectivity index (χ0) is 20.0. The Morgan fingerprint density at radius 2 is 1.75 bits per heavy atom. The zero-order valence-corrected chi connectivity index (χ0v) is 17.6. The Balaban J connectivity index is 1.57. The molecular weight excluding hydrogens is 446 g/mol. The van der Waals surface area contributed by atoms with Crippen molar-refractivity contribution in [3.63, 3.8) is 0 Å². The number of hydrogen-bond acceptors (Lipinski definition) is 5. The van der Waals surface area contributed by atoms with Gasteiger partial charge in [0.15, 0.2) is 0 Å². The first kappa shape index (κ1) is 20.8. The van der Waals surface area contributed by atoms with Crippen molar-refractivity contribution in [3.8, 4) is 0 Å². The number of sulfonamides is 1. The second kappa shape index (κ2) is 9.51. The molecule has 2 aromatic carbocycles. The first-order chi connectivity index (χ1) is 13.5. The van der Waals surface area contributed by atoms with Crippen molar-refractivity contribution >= 4 is 43.2 Å². The highest BCUT2D eigenvalue weighted by Gasteiger charge is 2.18. The molecule has 2 aromatic rings. The third-order valence-corrected chi connectivity index (χ3v) is 6.77. The van der Waals surface area contributed by atoms with Crippen LogP contribution in [0.5, 0.6) is 0 Å². The molecule has 3 rings (SSSR count). The van der Waals surface area contributed by atoms with Crippen LogP contribution in [0, 0.1) is 0 Å². The maximum Gasteiger partial charge on any atom is 0.241 e. The average molecular weight is 468 g/mol. The lowest BCUT2D eigenvalue weighted by atomic mass is 10.2. The number of amides is 1. The predicted octanol–water partition coefficient (Wildman–Crippen LogP) is 2.59. The summed E-state index contributed by atoms with van der Waals surface area (Å²) in [4.78, 5) is 14.6. The molecular formula is C19H22BrN3O4S. The van der Waals surface area contributed by atoms with Crippen LogP contribution in [-0.4, -0.2) is 47.2 Å². The fourth-order valence-electron chi connectivity index (χ4n) is 2.91. The highest BCUT2D eigenvalue weighted by molar-refractivity contribution is 9.10. The number of anilines is 2. The van der Waals surface area contributed by atoms with E-state index in [4.69, 9.17) is 4.74 Å². The number of morpholine rings is 1. The molecule has 0 atom stereocenters. The number of nitrogens with zero attached hydrogens (tertiary/aromatic N) is 1. The first-order valence-electron chi connectivity index (χ1n) is 8.93. The van der Waals surface area contributed by atoms with Crippen LogP contribution in [0.1, 0.15) is 6.42 Å². The standard InChI is InChI=1S/C19H22BrN3O4S/c20-15-5-1-4-8-18(15)28(25,26)21-10-9-19(24)22-16-6-2-3-7-17(16)23-11-13-27-14-12-23/h1-8,21H,9-14H2,(H,22,24). The minimum atomic E-state index is -3.68. The lowest BCUT2D eigenvalue weighted by Gasteiger charge is -2.30. The first-order valence-corrected chi connectivity index (χ1v) is 11.2. The molecule has 9 heteroatoms. The van der Waals surface area contributed by atoms with E-state index in [1.54, 1.807) is 18.2 Å². The highest BCUT2D eigenvalue weighted by Crippen LogP contribution is 2.26. The molecule has 1 fully saturated rings. The molecule has 0 unspecified atom stereocenters. The monoisotopic (exact) mass is 467 g/mol. The van der Waals surface area contributed by atoms with Crippen molar-refractivity contribution in [1.82, 2.24) is 4.72 Å².